The van der Waals surface area contributed by atoms with E-state index in [4.69, 9.17) is 4.74 Å². The predicted molar refractivity (Wildman–Crippen MR) is 94.7 cm³/mol. The number of ether oxygens (including phenoxy) is 1. The van der Waals surface area contributed by atoms with E-state index < -0.39 is 0 Å². The molecule has 1 atom stereocenters. The van der Waals surface area contributed by atoms with Gasteiger partial charge in [0, 0.05) is 12.6 Å². The van der Waals surface area contributed by atoms with Crippen molar-refractivity contribution in [2.75, 3.05) is 20.2 Å². The molecule has 3 heterocycles. The van der Waals surface area contributed by atoms with Gasteiger partial charge in [0.15, 0.2) is 0 Å². The van der Waals surface area contributed by atoms with E-state index in [2.05, 4.69) is 20.6 Å². The van der Waals surface area contributed by atoms with Crippen LogP contribution in [-0.2, 0) is 0 Å². The van der Waals surface area contributed by atoms with E-state index in [-0.39, 0.29) is 11.9 Å². The third kappa shape index (κ3) is 2.65. The van der Waals surface area contributed by atoms with Crippen LogP contribution in [0.15, 0.2) is 29.6 Å². The van der Waals surface area contributed by atoms with Gasteiger partial charge in [-0.1, -0.05) is 6.07 Å². The van der Waals surface area contributed by atoms with Crippen molar-refractivity contribution in [3.05, 3.63) is 35.2 Å². The lowest BCUT2D eigenvalue weighted by Crippen LogP contribution is -2.36. The van der Waals surface area contributed by atoms with Gasteiger partial charge < -0.3 is 20.4 Å². The maximum absolute atomic E-state index is 12.7. The summed E-state index contributed by atoms with van der Waals surface area (Å²) in [4.78, 5) is 21.7. The third-order valence-corrected chi connectivity index (χ3v) is 5.10. The van der Waals surface area contributed by atoms with Crippen molar-refractivity contribution in [2.45, 2.75) is 12.5 Å². The van der Waals surface area contributed by atoms with E-state index in [1.54, 1.807) is 30.6 Å². The molecule has 1 aliphatic heterocycles. The summed E-state index contributed by atoms with van der Waals surface area (Å²) in [5.74, 6) is 1.33. The van der Waals surface area contributed by atoms with Crippen molar-refractivity contribution in [3.63, 3.8) is 0 Å². The SMILES string of the molecule is COc1ccc(C(=O)NC2CCNC2)c2nc(-c3cccs3)[nH]c12. The largest absolute Gasteiger partial charge is 0.494 e. The van der Waals surface area contributed by atoms with E-state index in [0.717, 1.165) is 35.7 Å². The minimum Gasteiger partial charge on any atom is -0.494 e. The molecule has 0 bridgehead atoms. The van der Waals surface area contributed by atoms with Crippen LogP contribution in [0.2, 0.25) is 0 Å². The van der Waals surface area contributed by atoms with Crippen LogP contribution in [0.5, 0.6) is 5.75 Å². The average Bonchev–Trinajstić information content (AvgIpc) is 3.33. The number of aromatic amines is 1. The number of imidazole rings is 1. The summed E-state index contributed by atoms with van der Waals surface area (Å²) < 4.78 is 5.42. The Balaban J connectivity index is 1.76. The zero-order chi connectivity index (χ0) is 16.5. The summed E-state index contributed by atoms with van der Waals surface area (Å²) in [5.41, 5.74) is 1.95. The molecule has 1 unspecified atom stereocenters. The average molecular weight is 342 g/mol. The molecule has 1 amide bonds. The van der Waals surface area contributed by atoms with Gasteiger partial charge in [0.1, 0.15) is 22.6 Å². The smallest absolute Gasteiger partial charge is 0.253 e. The Labute approximate surface area is 143 Å². The third-order valence-electron chi connectivity index (χ3n) is 4.22. The van der Waals surface area contributed by atoms with E-state index in [9.17, 15) is 4.79 Å². The topological polar surface area (TPSA) is 79.0 Å². The van der Waals surface area contributed by atoms with Gasteiger partial charge in [0.2, 0.25) is 0 Å². The number of methoxy groups -OCH3 is 1. The molecule has 2 aromatic heterocycles. The van der Waals surface area contributed by atoms with E-state index >= 15 is 0 Å². The fourth-order valence-electron chi connectivity index (χ4n) is 2.99. The Kier molecular flexibility index (Phi) is 3.95. The zero-order valence-electron chi connectivity index (χ0n) is 13.3. The monoisotopic (exact) mass is 342 g/mol. The molecule has 0 aliphatic carbocycles. The number of hydrogen-bond donors (Lipinski definition) is 3. The lowest BCUT2D eigenvalue weighted by molar-refractivity contribution is 0.0941. The van der Waals surface area contributed by atoms with Crippen LogP contribution in [0.4, 0.5) is 0 Å². The minimum atomic E-state index is -0.0967. The molecule has 6 nitrogen and oxygen atoms in total. The van der Waals surface area contributed by atoms with Gasteiger partial charge in [-0.25, -0.2) is 4.98 Å². The summed E-state index contributed by atoms with van der Waals surface area (Å²) in [6.45, 7) is 1.75. The molecule has 0 spiro atoms. The lowest BCUT2D eigenvalue weighted by atomic mass is 10.1. The first-order valence-corrected chi connectivity index (χ1v) is 8.76. The summed E-state index contributed by atoms with van der Waals surface area (Å²) in [5, 5.41) is 8.33. The molecule has 1 fully saturated rings. The van der Waals surface area contributed by atoms with Crippen LogP contribution in [0.3, 0.4) is 0 Å². The maximum atomic E-state index is 12.7. The number of benzene rings is 1. The van der Waals surface area contributed by atoms with Crippen LogP contribution in [-0.4, -0.2) is 42.1 Å². The lowest BCUT2D eigenvalue weighted by Gasteiger charge is -2.12. The highest BCUT2D eigenvalue weighted by molar-refractivity contribution is 7.13. The number of thiophene rings is 1. The Morgan fingerprint density at radius 3 is 3.04 bits per heavy atom. The molecular weight excluding hydrogens is 324 g/mol. The first-order valence-electron chi connectivity index (χ1n) is 7.88. The second-order valence-corrected chi connectivity index (χ2v) is 6.71. The quantitative estimate of drug-likeness (QED) is 0.680. The highest BCUT2D eigenvalue weighted by Crippen LogP contribution is 2.31. The molecule has 24 heavy (non-hydrogen) atoms. The predicted octanol–water partition coefficient (Wildman–Crippen LogP) is 2.39. The van der Waals surface area contributed by atoms with Gasteiger partial charge in [-0.3, -0.25) is 4.79 Å². The number of hydrogen-bond acceptors (Lipinski definition) is 5. The summed E-state index contributed by atoms with van der Waals surface area (Å²) in [6.07, 6.45) is 0.950. The highest BCUT2D eigenvalue weighted by Gasteiger charge is 2.22. The van der Waals surface area contributed by atoms with Crippen LogP contribution >= 0.6 is 11.3 Å². The van der Waals surface area contributed by atoms with Crippen LogP contribution in [0, 0.1) is 0 Å². The maximum Gasteiger partial charge on any atom is 0.253 e. The van der Waals surface area contributed by atoms with Crippen molar-refractivity contribution >= 4 is 28.3 Å². The van der Waals surface area contributed by atoms with Gasteiger partial charge in [-0.2, -0.15) is 0 Å². The molecular formula is C17H18N4O2S. The van der Waals surface area contributed by atoms with E-state index in [1.165, 1.54) is 0 Å². The number of rotatable bonds is 4. The first kappa shape index (κ1) is 15.2. The standard InChI is InChI=1S/C17H18N4O2S/c1-23-12-5-4-11(17(22)19-10-6-7-18-9-10)14-15(12)21-16(20-14)13-3-2-8-24-13/h2-5,8,10,18H,6-7,9H2,1H3,(H,19,22)(H,20,21). The number of nitrogens with one attached hydrogen (secondary N) is 3. The Morgan fingerprint density at radius 2 is 2.33 bits per heavy atom. The van der Waals surface area contributed by atoms with Crippen LogP contribution in [0.1, 0.15) is 16.8 Å². The van der Waals surface area contributed by atoms with Crippen molar-refractivity contribution < 1.29 is 9.53 Å². The molecule has 3 N–H and O–H groups in total. The molecule has 7 heteroatoms. The number of carbonyl (C=O) groups excluding carboxylic acids is 1. The Hall–Kier alpha value is -2.38. The molecule has 0 radical (unpaired) electrons. The van der Waals surface area contributed by atoms with Gasteiger partial charge in [-0.05, 0) is 36.5 Å². The van der Waals surface area contributed by atoms with Gasteiger partial charge >= 0.3 is 0 Å². The van der Waals surface area contributed by atoms with Crippen molar-refractivity contribution in [1.29, 1.82) is 0 Å². The van der Waals surface area contributed by atoms with Gasteiger partial charge in [-0.15, -0.1) is 11.3 Å². The van der Waals surface area contributed by atoms with Crippen molar-refractivity contribution in [3.8, 4) is 16.5 Å². The Bertz CT molecular complexity index is 866. The molecule has 124 valence electrons. The zero-order valence-corrected chi connectivity index (χ0v) is 14.1. The number of H-pyrrole nitrogens is 1. The second kappa shape index (κ2) is 6.26. The second-order valence-electron chi connectivity index (χ2n) is 5.76. The highest BCUT2D eigenvalue weighted by atomic mass is 32.1. The van der Waals surface area contributed by atoms with E-state index in [0.29, 0.717) is 16.8 Å². The summed E-state index contributed by atoms with van der Waals surface area (Å²) >= 11 is 1.60. The number of fused-ring (bicyclic) bond motifs is 1. The summed E-state index contributed by atoms with van der Waals surface area (Å²) in [7, 11) is 1.62. The van der Waals surface area contributed by atoms with Crippen molar-refractivity contribution in [2.24, 2.45) is 0 Å². The first-order chi connectivity index (χ1) is 11.8. The van der Waals surface area contributed by atoms with Gasteiger partial charge in [0.05, 0.1) is 17.6 Å². The molecule has 3 aromatic rings. The van der Waals surface area contributed by atoms with Crippen LogP contribution in [0.25, 0.3) is 21.7 Å². The number of amides is 1. The number of nitrogens with zero attached hydrogens (tertiary/aromatic N) is 1. The van der Waals surface area contributed by atoms with Crippen LogP contribution < -0.4 is 15.4 Å². The van der Waals surface area contributed by atoms with E-state index in [1.807, 2.05) is 17.5 Å². The number of aromatic nitrogens is 2. The molecule has 1 aromatic carbocycles. The fourth-order valence-corrected chi connectivity index (χ4v) is 3.66. The fraction of sp³-hybridized carbons (Fsp3) is 0.294. The molecule has 1 aliphatic rings. The Morgan fingerprint density at radius 1 is 1.42 bits per heavy atom. The number of carbonyl (C=O) groups is 1. The molecule has 0 saturated carbocycles. The normalized spacial score (nSPS) is 17.3. The minimum absolute atomic E-state index is 0.0967. The molecule has 4 rings (SSSR count). The summed E-state index contributed by atoms with van der Waals surface area (Å²) in [6, 6.07) is 7.73. The van der Waals surface area contributed by atoms with Gasteiger partial charge in [0.25, 0.3) is 5.91 Å². The van der Waals surface area contributed by atoms with Crippen molar-refractivity contribution in [1.82, 2.24) is 20.6 Å². The molecule has 1 saturated heterocycles.